The SMILES string of the molecule is Cc1ccsc1CNC[C@H]1CCc2nccn2C1. The first-order valence-electron chi connectivity index (χ1n) is 6.56. The summed E-state index contributed by atoms with van der Waals surface area (Å²) in [6.07, 6.45) is 6.40. The normalized spacial score (nSPS) is 18.8. The van der Waals surface area contributed by atoms with Crippen molar-refractivity contribution in [3.63, 3.8) is 0 Å². The van der Waals surface area contributed by atoms with Crippen molar-refractivity contribution in [3.8, 4) is 0 Å². The van der Waals surface area contributed by atoms with Crippen LogP contribution in [0.4, 0.5) is 0 Å². The first-order valence-corrected chi connectivity index (χ1v) is 7.44. The van der Waals surface area contributed by atoms with Gasteiger partial charge in [0.05, 0.1) is 0 Å². The smallest absolute Gasteiger partial charge is 0.108 e. The molecule has 0 radical (unpaired) electrons. The average molecular weight is 261 g/mol. The van der Waals surface area contributed by atoms with Crippen LogP contribution < -0.4 is 5.32 Å². The number of rotatable bonds is 4. The molecule has 2 aromatic heterocycles. The number of hydrogen-bond donors (Lipinski definition) is 1. The fourth-order valence-corrected chi connectivity index (χ4v) is 3.45. The summed E-state index contributed by atoms with van der Waals surface area (Å²) < 4.78 is 2.30. The second kappa shape index (κ2) is 5.24. The van der Waals surface area contributed by atoms with Crippen LogP contribution in [0.2, 0.25) is 0 Å². The van der Waals surface area contributed by atoms with Crippen molar-refractivity contribution in [2.45, 2.75) is 32.9 Å². The summed E-state index contributed by atoms with van der Waals surface area (Å²) in [7, 11) is 0. The molecule has 1 N–H and O–H groups in total. The Kier molecular flexibility index (Phi) is 3.48. The molecule has 0 saturated heterocycles. The highest BCUT2D eigenvalue weighted by molar-refractivity contribution is 7.10. The number of aryl methyl sites for hydroxylation is 2. The maximum atomic E-state index is 4.37. The number of thiophene rings is 1. The first kappa shape index (κ1) is 11.9. The molecule has 0 spiro atoms. The quantitative estimate of drug-likeness (QED) is 0.917. The van der Waals surface area contributed by atoms with Gasteiger partial charge in [0, 0.05) is 43.3 Å². The van der Waals surface area contributed by atoms with E-state index in [0.717, 1.165) is 32.0 Å². The van der Waals surface area contributed by atoms with Gasteiger partial charge in [-0.25, -0.2) is 4.98 Å². The zero-order chi connectivity index (χ0) is 12.4. The Hall–Kier alpha value is -1.13. The molecule has 3 rings (SSSR count). The van der Waals surface area contributed by atoms with Gasteiger partial charge in [-0.2, -0.15) is 0 Å². The molecule has 0 aliphatic carbocycles. The molecule has 1 aliphatic rings. The molecular weight excluding hydrogens is 242 g/mol. The molecule has 3 nitrogen and oxygen atoms in total. The van der Waals surface area contributed by atoms with Crippen molar-refractivity contribution in [2.24, 2.45) is 5.92 Å². The summed E-state index contributed by atoms with van der Waals surface area (Å²) in [4.78, 5) is 5.83. The molecule has 0 aromatic carbocycles. The predicted molar refractivity (Wildman–Crippen MR) is 74.8 cm³/mol. The van der Waals surface area contributed by atoms with E-state index in [1.165, 1.54) is 22.7 Å². The molecule has 1 aliphatic heterocycles. The Balaban J connectivity index is 1.49. The summed E-state index contributed by atoms with van der Waals surface area (Å²) in [6, 6.07) is 2.19. The third-order valence-electron chi connectivity index (χ3n) is 3.72. The van der Waals surface area contributed by atoms with Crippen molar-refractivity contribution < 1.29 is 0 Å². The van der Waals surface area contributed by atoms with Crippen molar-refractivity contribution in [1.82, 2.24) is 14.9 Å². The summed E-state index contributed by atoms with van der Waals surface area (Å²) in [5, 5.41) is 5.77. The van der Waals surface area contributed by atoms with Gasteiger partial charge < -0.3 is 9.88 Å². The van der Waals surface area contributed by atoms with Gasteiger partial charge >= 0.3 is 0 Å². The van der Waals surface area contributed by atoms with Gasteiger partial charge in [0.25, 0.3) is 0 Å². The Morgan fingerprint density at radius 3 is 3.33 bits per heavy atom. The van der Waals surface area contributed by atoms with Crippen LogP contribution in [-0.4, -0.2) is 16.1 Å². The van der Waals surface area contributed by atoms with Gasteiger partial charge in [0.2, 0.25) is 0 Å². The number of nitrogens with zero attached hydrogens (tertiary/aromatic N) is 2. The molecule has 96 valence electrons. The molecule has 3 heterocycles. The van der Waals surface area contributed by atoms with Crippen LogP contribution in [0.5, 0.6) is 0 Å². The molecule has 0 unspecified atom stereocenters. The van der Waals surface area contributed by atoms with Crippen LogP contribution in [0.3, 0.4) is 0 Å². The molecule has 0 amide bonds. The third-order valence-corrected chi connectivity index (χ3v) is 4.74. The number of fused-ring (bicyclic) bond motifs is 1. The minimum atomic E-state index is 0.743. The molecule has 0 bridgehead atoms. The number of hydrogen-bond acceptors (Lipinski definition) is 3. The van der Waals surface area contributed by atoms with E-state index < -0.39 is 0 Å². The van der Waals surface area contributed by atoms with Crippen molar-refractivity contribution in [3.05, 3.63) is 40.1 Å². The molecule has 4 heteroatoms. The van der Waals surface area contributed by atoms with Gasteiger partial charge in [-0.1, -0.05) is 0 Å². The Bertz CT molecular complexity index is 515. The van der Waals surface area contributed by atoms with E-state index in [1.54, 1.807) is 0 Å². The largest absolute Gasteiger partial charge is 0.335 e. The Morgan fingerprint density at radius 1 is 1.56 bits per heavy atom. The number of imidazole rings is 1. The maximum absolute atomic E-state index is 4.37. The lowest BCUT2D eigenvalue weighted by Gasteiger charge is -2.24. The summed E-state index contributed by atoms with van der Waals surface area (Å²) >= 11 is 1.85. The molecule has 0 saturated carbocycles. The minimum absolute atomic E-state index is 0.743. The topological polar surface area (TPSA) is 29.9 Å². The summed E-state index contributed by atoms with van der Waals surface area (Å²) in [5.41, 5.74) is 1.41. The summed E-state index contributed by atoms with van der Waals surface area (Å²) in [5.74, 6) is 1.99. The van der Waals surface area contributed by atoms with Crippen LogP contribution in [0.15, 0.2) is 23.8 Å². The van der Waals surface area contributed by atoms with E-state index in [-0.39, 0.29) is 0 Å². The zero-order valence-electron chi connectivity index (χ0n) is 10.7. The van der Waals surface area contributed by atoms with Gasteiger partial charge in [-0.05, 0) is 36.3 Å². The monoisotopic (exact) mass is 261 g/mol. The lowest BCUT2D eigenvalue weighted by molar-refractivity contribution is 0.348. The highest BCUT2D eigenvalue weighted by Gasteiger charge is 2.18. The first-order chi connectivity index (χ1) is 8.83. The second-order valence-electron chi connectivity index (χ2n) is 5.06. The highest BCUT2D eigenvalue weighted by Crippen LogP contribution is 2.19. The van der Waals surface area contributed by atoms with E-state index in [9.17, 15) is 0 Å². The fraction of sp³-hybridized carbons (Fsp3) is 0.500. The van der Waals surface area contributed by atoms with Crippen molar-refractivity contribution >= 4 is 11.3 Å². The van der Waals surface area contributed by atoms with E-state index >= 15 is 0 Å². The maximum Gasteiger partial charge on any atom is 0.108 e. The van der Waals surface area contributed by atoms with E-state index in [2.05, 4.69) is 39.4 Å². The van der Waals surface area contributed by atoms with Gasteiger partial charge in [0.15, 0.2) is 0 Å². The Morgan fingerprint density at radius 2 is 2.50 bits per heavy atom. The molecule has 1 atom stereocenters. The van der Waals surface area contributed by atoms with Crippen LogP contribution in [0.1, 0.15) is 22.7 Å². The second-order valence-corrected chi connectivity index (χ2v) is 6.06. The lowest BCUT2D eigenvalue weighted by Crippen LogP contribution is -2.29. The Labute approximate surface area is 112 Å². The summed E-state index contributed by atoms with van der Waals surface area (Å²) in [6.45, 7) is 5.42. The molecular formula is C14H19N3S. The van der Waals surface area contributed by atoms with Crippen LogP contribution in [-0.2, 0) is 19.5 Å². The molecule has 0 fully saturated rings. The minimum Gasteiger partial charge on any atom is -0.335 e. The van der Waals surface area contributed by atoms with E-state index in [0.29, 0.717) is 0 Å². The number of aromatic nitrogens is 2. The van der Waals surface area contributed by atoms with Gasteiger partial charge in [-0.3, -0.25) is 0 Å². The van der Waals surface area contributed by atoms with E-state index in [1.807, 2.05) is 17.5 Å². The van der Waals surface area contributed by atoms with Crippen molar-refractivity contribution in [1.29, 1.82) is 0 Å². The predicted octanol–water partition coefficient (Wildman–Crippen LogP) is 2.61. The van der Waals surface area contributed by atoms with Crippen LogP contribution >= 0.6 is 11.3 Å². The fourth-order valence-electron chi connectivity index (χ4n) is 2.58. The third kappa shape index (κ3) is 2.49. The van der Waals surface area contributed by atoms with E-state index in [4.69, 9.17) is 0 Å². The lowest BCUT2D eigenvalue weighted by atomic mass is 9.99. The van der Waals surface area contributed by atoms with Gasteiger partial charge in [-0.15, -0.1) is 11.3 Å². The average Bonchev–Trinajstić information content (AvgIpc) is 2.98. The van der Waals surface area contributed by atoms with Crippen LogP contribution in [0.25, 0.3) is 0 Å². The molecule has 2 aromatic rings. The van der Waals surface area contributed by atoms with Crippen molar-refractivity contribution in [2.75, 3.05) is 6.54 Å². The highest BCUT2D eigenvalue weighted by atomic mass is 32.1. The van der Waals surface area contributed by atoms with Gasteiger partial charge in [0.1, 0.15) is 5.82 Å². The molecule has 18 heavy (non-hydrogen) atoms. The standard InChI is InChI=1S/C14H19N3S/c1-11-4-7-18-13(11)9-15-8-12-2-3-14-16-5-6-17(14)10-12/h4-7,12,15H,2-3,8-10H2,1H3/t12-/m1/s1. The zero-order valence-corrected chi connectivity index (χ0v) is 11.5. The number of nitrogens with one attached hydrogen (secondary N) is 1. The van der Waals surface area contributed by atoms with Crippen LogP contribution in [0, 0.1) is 12.8 Å².